The molecule has 1 atom stereocenters. The SMILES string of the molecule is CCOCCC(N)CCC1CC1. The lowest BCUT2D eigenvalue weighted by Gasteiger charge is -2.10. The van der Waals surface area contributed by atoms with E-state index in [1.165, 1.54) is 25.7 Å². The number of hydrogen-bond acceptors (Lipinski definition) is 2. The Bertz CT molecular complexity index is 112. The molecule has 2 nitrogen and oxygen atoms in total. The summed E-state index contributed by atoms with van der Waals surface area (Å²) in [6.07, 6.45) is 6.45. The average Bonchev–Trinajstić information content (AvgIpc) is 2.84. The average molecular weight is 171 g/mol. The molecule has 0 aromatic heterocycles. The van der Waals surface area contributed by atoms with Gasteiger partial charge in [-0.1, -0.05) is 12.8 Å². The van der Waals surface area contributed by atoms with Gasteiger partial charge in [0.25, 0.3) is 0 Å². The third-order valence-corrected chi connectivity index (χ3v) is 2.48. The lowest BCUT2D eigenvalue weighted by atomic mass is 10.1. The van der Waals surface area contributed by atoms with Crippen LogP contribution in [0.5, 0.6) is 0 Å². The maximum Gasteiger partial charge on any atom is 0.0480 e. The van der Waals surface area contributed by atoms with E-state index in [2.05, 4.69) is 0 Å². The van der Waals surface area contributed by atoms with Crippen molar-refractivity contribution in [2.75, 3.05) is 13.2 Å². The van der Waals surface area contributed by atoms with E-state index in [4.69, 9.17) is 10.5 Å². The fraction of sp³-hybridized carbons (Fsp3) is 1.00. The van der Waals surface area contributed by atoms with Crippen LogP contribution in [0.25, 0.3) is 0 Å². The van der Waals surface area contributed by atoms with Gasteiger partial charge in [-0.3, -0.25) is 0 Å². The lowest BCUT2D eigenvalue weighted by molar-refractivity contribution is 0.139. The highest BCUT2D eigenvalue weighted by atomic mass is 16.5. The summed E-state index contributed by atoms with van der Waals surface area (Å²) < 4.78 is 5.25. The van der Waals surface area contributed by atoms with Crippen molar-refractivity contribution in [1.82, 2.24) is 0 Å². The van der Waals surface area contributed by atoms with Crippen LogP contribution in [0.1, 0.15) is 39.0 Å². The minimum Gasteiger partial charge on any atom is -0.382 e. The second-order valence-corrected chi connectivity index (χ2v) is 3.77. The van der Waals surface area contributed by atoms with Gasteiger partial charge < -0.3 is 10.5 Å². The summed E-state index contributed by atoms with van der Waals surface area (Å²) in [5, 5.41) is 0. The quantitative estimate of drug-likeness (QED) is 0.594. The molecule has 0 saturated heterocycles. The molecule has 1 aliphatic rings. The van der Waals surface area contributed by atoms with Crippen LogP contribution in [0.4, 0.5) is 0 Å². The summed E-state index contributed by atoms with van der Waals surface area (Å²) in [4.78, 5) is 0. The number of nitrogens with two attached hydrogens (primary N) is 1. The van der Waals surface area contributed by atoms with Gasteiger partial charge in [0, 0.05) is 19.3 Å². The topological polar surface area (TPSA) is 35.2 Å². The first-order valence-electron chi connectivity index (χ1n) is 5.16. The molecule has 0 bridgehead atoms. The minimum atomic E-state index is 0.372. The van der Waals surface area contributed by atoms with E-state index in [0.717, 1.165) is 25.6 Å². The fourth-order valence-corrected chi connectivity index (χ4v) is 1.38. The minimum absolute atomic E-state index is 0.372. The van der Waals surface area contributed by atoms with Crippen molar-refractivity contribution in [1.29, 1.82) is 0 Å². The highest BCUT2D eigenvalue weighted by Crippen LogP contribution is 2.33. The molecule has 0 aromatic rings. The summed E-state index contributed by atoms with van der Waals surface area (Å²) in [5.74, 6) is 1.02. The zero-order valence-electron chi connectivity index (χ0n) is 8.09. The number of ether oxygens (including phenoxy) is 1. The monoisotopic (exact) mass is 171 g/mol. The van der Waals surface area contributed by atoms with Gasteiger partial charge in [-0.25, -0.2) is 0 Å². The normalized spacial score (nSPS) is 19.5. The van der Waals surface area contributed by atoms with E-state index >= 15 is 0 Å². The Balaban J connectivity index is 1.84. The van der Waals surface area contributed by atoms with E-state index in [0.29, 0.717) is 6.04 Å². The van der Waals surface area contributed by atoms with E-state index in [1.54, 1.807) is 0 Å². The molecular weight excluding hydrogens is 150 g/mol. The van der Waals surface area contributed by atoms with Crippen LogP contribution in [-0.4, -0.2) is 19.3 Å². The highest BCUT2D eigenvalue weighted by Gasteiger charge is 2.21. The molecule has 2 heteroatoms. The highest BCUT2D eigenvalue weighted by molar-refractivity contribution is 4.75. The molecule has 1 rings (SSSR count). The van der Waals surface area contributed by atoms with Crippen LogP contribution >= 0.6 is 0 Å². The van der Waals surface area contributed by atoms with Crippen LogP contribution in [0, 0.1) is 5.92 Å². The van der Waals surface area contributed by atoms with E-state index in [-0.39, 0.29) is 0 Å². The Morgan fingerprint density at radius 1 is 1.42 bits per heavy atom. The second kappa shape index (κ2) is 5.55. The molecule has 1 saturated carbocycles. The Labute approximate surface area is 75.5 Å². The largest absolute Gasteiger partial charge is 0.382 e. The van der Waals surface area contributed by atoms with Gasteiger partial charge in [0.1, 0.15) is 0 Å². The van der Waals surface area contributed by atoms with E-state index in [1.807, 2.05) is 6.92 Å². The molecule has 0 heterocycles. The van der Waals surface area contributed by atoms with Gasteiger partial charge >= 0.3 is 0 Å². The van der Waals surface area contributed by atoms with Gasteiger partial charge in [0.05, 0.1) is 0 Å². The number of hydrogen-bond donors (Lipinski definition) is 1. The number of rotatable bonds is 7. The summed E-state index contributed by atoms with van der Waals surface area (Å²) in [6.45, 7) is 3.67. The van der Waals surface area contributed by atoms with Crippen molar-refractivity contribution in [3.63, 3.8) is 0 Å². The lowest BCUT2D eigenvalue weighted by Crippen LogP contribution is -2.22. The molecular formula is C10H21NO. The molecule has 2 N–H and O–H groups in total. The Morgan fingerprint density at radius 3 is 2.75 bits per heavy atom. The smallest absolute Gasteiger partial charge is 0.0480 e. The van der Waals surface area contributed by atoms with Crippen LogP contribution in [0.15, 0.2) is 0 Å². The van der Waals surface area contributed by atoms with Crippen molar-refractivity contribution < 1.29 is 4.74 Å². The molecule has 1 fully saturated rings. The zero-order chi connectivity index (χ0) is 8.81. The van der Waals surface area contributed by atoms with Gasteiger partial charge in [-0.05, 0) is 32.1 Å². The first-order chi connectivity index (χ1) is 5.83. The molecule has 0 aliphatic heterocycles. The van der Waals surface area contributed by atoms with Gasteiger partial charge in [-0.2, -0.15) is 0 Å². The summed E-state index contributed by atoms with van der Waals surface area (Å²) in [6, 6.07) is 0.372. The van der Waals surface area contributed by atoms with Gasteiger partial charge in [0.15, 0.2) is 0 Å². The van der Waals surface area contributed by atoms with Crippen LogP contribution in [0.2, 0.25) is 0 Å². The van der Waals surface area contributed by atoms with Crippen LogP contribution in [0.3, 0.4) is 0 Å². The summed E-state index contributed by atoms with van der Waals surface area (Å²) in [5.41, 5.74) is 5.91. The summed E-state index contributed by atoms with van der Waals surface area (Å²) in [7, 11) is 0. The van der Waals surface area contributed by atoms with Crippen molar-refractivity contribution in [2.24, 2.45) is 11.7 Å². The molecule has 0 radical (unpaired) electrons. The van der Waals surface area contributed by atoms with E-state index in [9.17, 15) is 0 Å². The molecule has 0 spiro atoms. The first-order valence-corrected chi connectivity index (χ1v) is 5.16. The van der Waals surface area contributed by atoms with Gasteiger partial charge in [0.2, 0.25) is 0 Å². The van der Waals surface area contributed by atoms with E-state index < -0.39 is 0 Å². The Hall–Kier alpha value is -0.0800. The van der Waals surface area contributed by atoms with Crippen molar-refractivity contribution in [3.05, 3.63) is 0 Å². The first kappa shape index (κ1) is 10.0. The second-order valence-electron chi connectivity index (χ2n) is 3.77. The fourth-order valence-electron chi connectivity index (χ4n) is 1.38. The summed E-state index contributed by atoms with van der Waals surface area (Å²) >= 11 is 0. The zero-order valence-corrected chi connectivity index (χ0v) is 8.09. The van der Waals surface area contributed by atoms with Crippen LogP contribution < -0.4 is 5.73 Å². The maximum atomic E-state index is 5.91. The molecule has 1 unspecified atom stereocenters. The predicted molar refractivity (Wildman–Crippen MR) is 51.0 cm³/mol. The Kier molecular flexibility index (Phi) is 4.62. The predicted octanol–water partition coefficient (Wildman–Crippen LogP) is 1.93. The third kappa shape index (κ3) is 4.73. The molecule has 1 aliphatic carbocycles. The third-order valence-electron chi connectivity index (χ3n) is 2.48. The van der Waals surface area contributed by atoms with Crippen LogP contribution in [-0.2, 0) is 4.74 Å². The van der Waals surface area contributed by atoms with Crippen molar-refractivity contribution in [2.45, 2.75) is 45.1 Å². The molecule has 0 amide bonds. The molecule has 12 heavy (non-hydrogen) atoms. The van der Waals surface area contributed by atoms with Crippen molar-refractivity contribution in [3.8, 4) is 0 Å². The Morgan fingerprint density at radius 2 is 2.17 bits per heavy atom. The van der Waals surface area contributed by atoms with Crippen molar-refractivity contribution >= 4 is 0 Å². The standard InChI is InChI=1S/C10H21NO/c1-2-12-8-7-10(11)6-5-9-3-4-9/h9-10H,2-8,11H2,1H3. The van der Waals surface area contributed by atoms with Gasteiger partial charge in [-0.15, -0.1) is 0 Å². The molecule has 0 aromatic carbocycles. The molecule has 72 valence electrons. The maximum absolute atomic E-state index is 5.91.